The minimum absolute atomic E-state index is 0.175. The number of rotatable bonds is 2. The van der Waals surface area contributed by atoms with Crippen molar-refractivity contribution in [1.29, 1.82) is 0 Å². The molecule has 1 amide bonds. The number of halogens is 2. The minimum atomic E-state index is -0.389. The Labute approximate surface area is 142 Å². The van der Waals surface area contributed by atoms with Gasteiger partial charge in [0.25, 0.3) is 0 Å². The molecule has 0 bridgehead atoms. The number of amides is 1. The van der Waals surface area contributed by atoms with Crippen molar-refractivity contribution in [1.82, 2.24) is 10.2 Å². The summed E-state index contributed by atoms with van der Waals surface area (Å²) in [5, 5.41) is 10.5. The smallest absolute Gasteiger partial charge is 0.226 e. The van der Waals surface area contributed by atoms with Gasteiger partial charge in [-0.25, -0.2) is 4.39 Å². The quantitative estimate of drug-likeness (QED) is 0.728. The van der Waals surface area contributed by atoms with E-state index in [-0.39, 0.29) is 24.1 Å². The van der Waals surface area contributed by atoms with Gasteiger partial charge in [-0.05, 0) is 23.8 Å². The average Bonchev–Trinajstić information content (AvgIpc) is 2.99. The molecular weight excluding hydrogens is 329 g/mol. The summed E-state index contributed by atoms with van der Waals surface area (Å²) in [6.45, 7) is 0. The normalized spacial score (nSPS) is 16.6. The van der Waals surface area contributed by atoms with E-state index in [0.29, 0.717) is 16.4 Å². The van der Waals surface area contributed by atoms with Gasteiger partial charge in [0.2, 0.25) is 5.91 Å². The number of fused-ring (bicyclic) bond motifs is 1. The highest BCUT2D eigenvalue weighted by Gasteiger charge is 2.33. The van der Waals surface area contributed by atoms with Crippen LogP contribution in [0.2, 0.25) is 5.02 Å². The van der Waals surface area contributed by atoms with Gasteiger partial charge in [0.05, 0.1) is 5.69 Å². The molecule has 2 heterocycles. The number of carbonyl (C=O) groups excluding carboxylic acids is 1. The van der Waals surface area contributed by atoms with Gasteiger partial charge in [0.1, 0.15) is 5.82 Å². The van der Waals surface area contributed by atoms with E-state index in [9.17, 15) is 9.18 Å². The number of nitrogens with zero attached hydrogens (tertiary/aromatic N) is 1. The van der Waals surface area contributed by atoms with Crippen LogP contribution in [0.25, 0.3) is 11.3 Å². The summed E-state index contributed by atoms with van der Waals surface area (Å²) in [6, 6.07) is 13.8. The molecule has 3 aromatic rings. The number of aromatic nitrogens is 2. The first-order valence-electron chi connectivity index (χ1n) is 7.52. The molecule has 1 aliphatic heterocycles. The molecule has 0 aliphatic carbocycles. The molecule has 24 heavy (non-hydrogen) atoms. The van der Waals surface area contributed by atoms with E-state index in [1.165, 1.54) is 6.07 Å². The summed E-state index contributed by atoms with van der Waals surface area (Å²) < 4.78 is 14.3. The molecule has 1 atom stereocenters. The van der Waals surface area contributed by atoms with Crippen LogP contribution in [0.5, 0.6) is 0 Å². The third kappa shape index (κ3) is 2.47. The number of nitrogens with one attached hydrogen (secondary N) is 2. The zero-order valence-corrected chi connectivity index (χ0v) is 13.3. The third-order valence-corrected chi connectivity index (χ3v) is 4.47. The highest BCUT2D eigenvalue weighted by Crippen LogP contribution is 2.42. The van der Waals surface area contributed by atoms with Gasteiger partial charge in [0, 0.05) is 28.5 Å². The van der Waals surface area contributed by atoms with Crippen molar-refractivity contribution in [2.24, 2.45) is 0 Å². The molecule has 2 N–H and O–H groups in total. The number of benzene rings is 2. The van der Waals surface area contributed by atoms with Gasteiger partial charge in [-0.15, -0.1) is 0 Å². The zero-order chi connectivity index (χ0) is 16.7. The summed E-state index contributed by atoms with van der Waals surface area (Å²) >= 11 is 5.95. The van der Waals surface area contributed by atoms with E-state index in [4.69, 9.17) is 11.6 Å². The molecule has 2 aromatic carbocycles. The predicted octanol–water partition coefficient (Wildman–Crippen LogP) is 4.34. The van der Waals surface area contributed by atoms with E-state index in [1.54, 1.807) is 30.3 Å². The maximum atomic E-state index is 14.3. The van der Waals surface area contributed by atoms with Crippen molar-refractivity contribution in [2.75, 3.05) is 5.32 Å². The van der Waals surface area contributed by atoms with Crippen LogP contribution in [0, 0.1) is 5.82 Å². The first-order valence-corrected chi connectivity index (χ1v) is 7.90. The van der Waals surface area contributed by atoms with E-state index in [2.05, 4.69) is 15.5 Å². The molecule has 0 saturated heterocycles. The molecule has 0 saturated carbocycles. The molecule has 0 radical (unpaired) electrons. The summed E-state index contributed by atoms with van der Waals surface area (Å²) in [6.07, 6.45) is 0.175. The monoisotopic (exact) mass is 341 g/mol. The first kappa shape index (κ1) is 14.9. The van der Waals surface area contributed by atoms with Crippen LogP contribution in [0.4, 0.5) is 10.2 Å². The fraction of sp³-hybridized carbons (Fsp3) is 0.111. The Kier molecular flexibility index (Phi) is 3.58. The Bertz CT molecular complexity index is 920. The van der Waals surface area contributed by atoms with E-state index < -0.39 is 0 Å². The lowest BCUT2D eigenvalue weighted by Crippen LogP contribution is -2.23. The Balaban J connectivity index is 1.89. The lowest BCUT2D eigenvalue weighted by molar-refractivity contribution is -0.116. The van der Waals surface area contributed by atoms with Gasteiger partial charge in [-0.1, -0.05) is 41.9 Å². The molecule has 1 aromatic heterocycles. The van der Waals surface area contributed by atoms with Crippen LogP contribution < -0.4 is 5.32 Å². The van der Waals surface area contributed by atoms with E-state index in [0.717, 1.165) is 16.8 Å². The van der Waals surface area contributed by atoms with Crippen molar-refractivity contribution in [3.05, 3.63) is 70.5 Å². The van der Waals surface area contributed by atoms with Crippen molar-refractivity contribution >= 4 is 23.3 Å². The number of anilines is 1. The Morgan fingerprint density at radius 1 is 1.12 bits per heavy atom. The van der Waals surface area contributed by atoms with Crippen LogP contribution in [-0.4, -0.2) is 16.1 Å². The second-order valence-electron chi connectivity index (χ2n) is 5.69. The fourth-order valence-electron chi connectivity index (χ4n) is 3.12. The Hall–Kier alpha value is -2.66. The summed E-state index contributed by atoms with van der Waals surface area (Å²) in [4.78, 5) is 12.0. The van der Waals surface area contributed by atoms with Gasteiger partial charge < -0.3 is 5.32 Å². The number of aromatic amines is 1. The van der Waals surface area contributed by atoms with Crippen molar-refractivity contribution in [2.45, 2.75) is 12.3 Å². The largest absolute Gasteiger partial charge is 0.309 e. The van der Waals surface area contributed by atoms with Crippen LogP contribution in [0.3, 0.4) is 0 Å². The molecule has 4 rings (SSSR count). The van der Waals surface area contributed by atoms with Crippen molar-refractivity contribution in [3.8, 4) is 11.3 Å². The molecule has 6 heteroatoms. The number of carbonyl (C=O) groups is 1. The van der Waals surface area contributed by atoms with Gasteiger partial charge in [0.15, 0.2) is 5.82 Å². The topological polar surface area (TPSA) is 57.8 Å². The Morgan fingerprint density at radius 3 is 2.62 bits per heavy atom. The predicted molar refractivity (Wildman–Crippen MR) is 90.5 cm³/mol. The third-order valence-electron chi connectivity index (χ3n) is 4.21. The first-order chi connectivity index (χ1) is 11.6. The lowest BCUT2D eigenvalue weighted by atomic mass is 9.84. The van der Waals surface area contributed by atoms with Crippen LogP contribution in [-0.2, 0) is 4.79 Å². The molecule has 4 nitrogen and oxygen atoms in total. The SMILES string of the molecule is O=C1CC(c2ccccc2F)c2c(n[nH]c2-c2ccc(Cl)cc2)N1. The number of hydrogen-bond donors (Lipinski definition) is 2. The van der Waals surface area contributed by atoms with E-state index in [1.807, 2.05) is 12.1 Å². The van der Waals surface area contributed by atoms with Crippen molar-refractivity contribution < 1.29 is 9.18 Å². The summed E-state index contributed by atoms with van der Waals surface area (Å²) in [7, 11) is 0. The van der Waals surface area contributed by atoms with Crippen molar-refractivity contribution in [3.63, 3.8) is 0 Å². The summed E-state index contributed by atoms with van der Waals surface area (Å²) in [5.41, 5.74) is 2.92. The molecule has 1 unspecified atom stereocenters. The van der Waals surface area contributed by atoms with Gasteiger partial charge in [-0.3, -0.25) is 9.89 Å². The molecule has 0 fully saturated rings. The minimum Gasteiger partial charge on any atom is -0.309 e. The molecule has 1 aliphatic rings. The maximum absolute atomic E-state index is 14.3. The second-order valence-corrected chi connectivity index (χ2v) is 6.13. The second kappa shape index (κ2) is 5.76. The highest BCUT2D eigenvalue weighted by atomic mass is 35.5. The number of hydrogen-bond acceptors (Lipinski definition) is 2. The molecule has 120 valence electrons. The standard InChI is InChI=1S/C18H13ClFN3O/c19-11-7-5-10(6-8-11)17-16-13(12-3-1-2-4-14(12)20)9-15(24)21-18(16)23-22-17/h1-8,13H,9H2,(H2,21,22,23,24). The zero-order valence-electron chi connectivity index (χ0n) is 12.5. The molecule has 0 spiro atoms. The van der Waals surface area contributed by atoms with Crippen LogP contribution in [0.1, 0.15) is 23.5 Å². The van der Waals surface area contributed by atoms with Crippen LogP contribution in [0.15, 0.2) is 48.5 Å². The van der Waals surface area contributed by atoms with E-state index >= 15 is 0 Å². The summed E-state index contributed by atoms with van der Waals surface area (Å²) in [5.74, 6) is -0.444. The van der Waals surface area contributed by atoms with Gasteiger partial charge >= 0.3 is 0 Å². The Morgan fingerprint density at radius 2 is 1.88 bits per heavy atom. The highest BCUT2D eigenvalue weighted by molar-refractivity contribution is 6.30. The maximum Gasteiger partial charge on any atom is 0.226 e. The average molecular weight is 342 g/mol. The molecular formula is C18H13ClFN3O. The van der Waals surface area contributed by atoms with Crippen LogP contribution >= 0.6 is 11.6 Å². The van der Waals surface area contributed by atoms with Gasteiger partial charge in [-0.2, -0.15) is 5.10 Å². The number of H-pyrrole nitrogens is 1. The lowest BCUT2D eigenvalue weighted by Gasteiger charge is -2.23. The fourth-order valence-corrected chi connectivity index (χ4v) is 3.24.